The number of amides is 2. The van der Waals surface area contributed by atoms with Gasteiger partial charge < -0.3 is 19.3 Å². The van der Waals surface area contributed by atoms with Crippen LogP contribution in [0, 0.1) is 17.8 Å². The molecule has 2 saturated heterocycles. The van der Waals surface area contributed by atoms with Crippen LogP contribution in [0.15, 0.2) is 97.1 Å². The van der Waals surface area contributed by atoms with Crippen molar-refractivity contribution in [3.8, 4) is 22.3 Å². The molecule has 0 spiro atoms. The molecule has 49 heavy (non-hydrogen) atoms. The zero-order valence-electron chi connectivity index (χ0n) is 28.4. The molecule has 0 bridgehead atoms. The van der Waals surface area contributed by atoms with Crippen LogP contribution in [0.2, 0.25) is 0 Å². The molecule has 2 fully saturated rings. The number of hydrogen-bond acceptors (Lipinski definition) is 4. The van der Waals surface area contributed by atoms with Gasteiger partial charge in [-0.15, -0.1) is 0 Å². The van der Waals surface area contributed by atoms with Crippen LogP contribution in [0.3, 0.4) is 0 Å². The van der Waals surface area contributed by atoms with E-state index in [1.165, 1.54) is 44.5 Å². The highest BCUT2D eigenvalue weighted by Crippen LogP contribution is 2.46. The van der Waals surface area contributed by atoms with Gasteiger partial charge in [-0.1, -0.05) is 110 Å². The highest BCUT2D eigenvalue weighted by atomic mass is 16.6. The SMILES string of the molecule is CCC(C1CCN(C(=O)OCC2c3ccccc3-c3ccccc32)CC1)C1CCN(C(=O)OCC2c3ccccc3-c3ccccc32)CC1. The average molecular weight is 655 g/mol. The molecule has 0 atom stereocenters. The van der Waals surface area contributed by atoms with Crippen LogP contribution < -0.4 is 0 Å². The number of hydrogen-bond donors (Lipinski definition) is 0. The van der Waals surface area contributed by atoms with Crippen molar-refractivity contribution in [3.63, 3.8) is 0 Å². The number of ether oxygens (including phenoxy) is 2. The Hall–Kier alpha value is -4.58. The highest BCUT2D eigenvalue weighted by molar-refractivity contribution is 5.80. The van der Waals surface area contributed by atoms with Gasteiger partial charge in [-0.3, -0.25) is 0 Å². The van der Waals surface area contributed by atoms with Crippen molar-refractivity contribution in [1.82, 2.24) is 9.80 Å². The summed E-state index contributed by atoms with van der Waals surface area (Å²) < 4.78 is 12.0. The summed E-state index contributed by atoms with van der Waals surface area (Å²) >= 11 is 0. The van der Waals surface area contributed by atoms with Crippen molar-refractivity contribution in [2.75, 3.05) is 39.4 Å². The first kappa shape index (κ1) is 31.7. The fraction of sp³-hybridized carbons (Fsp3) is 0.395. The minimum absolute atomic E-state index is 0.0812. The maximum absolute atomic E-state index is 13.2. The van der Waals surface area contributed by atoms with E-state index in [2.05, 4.69) is 104 Å². The van der Waals surface area contributed by atoms with Gasteiger partial charge >= 0.3 is 12.2 Å². The molecule has 0 N–H and O–H groups in total. The quantitative estimate of drug-likeness (QED) is 0.199. The van der Waals surface area contributed by atoms with E-state index in [0.717, 1.165) is 58.3 Å². The summed E-state index contributed by atoms with van der Waals surface area (Å²) in [4.78, 5) is 30.3. The van der Waals surface area contributed by atoms with Crippen LogP contribution in [-0.4, -0.2) is 61.4 Å². The topological polar surface area (TPSA) is 59.1 Å². The second kappa shape index (κ2) is 13.7. The van der Waals surface area contributed by atoms with Gasteiger partial charge in [0.25, 0.3) is 0 Å². The van der Waals surface area contributed by atoms with E-state index in [0.29, 0.717) is 31.0 Å². The summed E-state index contributed by atoms with van der Waals surface area (Å²) in [5.74, 6) is 1.95. The van der Waals surface area contributed by atoms with Gasteiger partial charge in [0.2, 0.25) is 0 Å². The van der Waals surface area contributed by atoms with Gasteiger partial charge in [0.15, 0.2) is 0 Å². The van der Waals surface area contributed by atoms with E-state index in [-0.39, 0.29) is 24.0 Å². The lowest BCUT2D eigenvalue weighted by molar-refractivity contribution is 0.0518. The van der Waals surface area contributed by atoms with Crippen molar-refractivity contribution in [2.24, 2.45) is 17.8 Å². The molecule has 6 nitrogen and oxygen atoms in total. The molecule has 4 aromatic rings. The lowest BCUT2D eigenvalue weighted by Gasteiger charge is -2.41. The van der Waals surface area contributed by atoms with Gasteiger partial charge in [-0.2, -0.15) is 0 Å². The second-order valence-electron chi connectivity index (χ2n) is 14.3. The van der Waals surface area contributed by atoms with E-state index in [1.807, 2.05) is 9.80 Å². The predicted octanol–water partition coefficient (Wildman–Crippen LogP) is 9.33. The summed E-state index contributed by atoms with van der Waals surface area (Å²) in [6, 6.07) is 33.9. The summed E-state index contributed by atoms with van der Waals surface area (Å²) in [6.07, 6.45) is 4.79. The number of carbonyl (C=O) groups is 2. The Kier molecular flexibility index (Phi) is 8.88. The molecular formula is C43H46N2O4. The van der Waals surface area contributed by atoms with Gasteiger partial charge in [-0.05, 0) is 87.9 Å². The molecule has 2 amide bonds. The van der Waals surface area contributed by atoms with Crippen molar-refractivity contribution in [1.29, 1.82) is 0 Å². The monoisotopic (exact) mass is 654 g/mol. The summed E-state index contributed by atoms with van der Waals surface area (Å²) in [7, 11) is 0. The van der Waals surface area contributed by atoms with E-state index in [1.54, 1.807) is 0 Å². The molecule has 6 heteroatoms. The summed E-state index contributed by atoms with van der Waals surface area (Å²) in [5, 5.41) is 0. The molecule has 4 aliphatic rings. The average Bonchev–Trinajstić information content (AvgIpc) is 3.66. The molecule has 0 saturated carbocycles. The maximum atomic E-state index is 13.2. The van der Waals surface area contributed by atoms with Crippen molar-refractivity contribution in [2.45, 2.75) is 50.9 Å². The smallest absolute Gasteiger partial charge is 0.409 e. The van der Waals surface area contributed by atoms with Gasteiger partial charge in [0, 0.05) is 38.0 Å². The number of nitrogens with zero attached hydrogens (tertiary/aromatic N) is 2. The fourth-order valence-corrected chi connectivity index (χ4v) is 9.44. The standard InChI is InChI=1S/C43H46N2O4/c1-2-31(29-19-23-44(24-20-29)42(46)48-27-40-36-15-7-3-11-32(36)33-12-4-8-16-37(33)40)30-21-25-45(26-22-30)43(47)49-28-41-38-17-9-5-13-34(38)35-14-6-10-18-39(35)41/h3-18,29-31,40-41H,2,19-28H2,1H3. The first-order chi connectivity index (χ1) is 24.1. The van der Waals surface area contributed by atoms with Crippen molar-refractivity contribution >= 4 is 12.2 Å². The molecular weight excluding hydrogens is 608 g/mol. The van der Waals surface area contributed by atoms with Crippen LogP contribution in [0.1, 0.15) is 73.1 Å². The van der Waals surface area contributed by atoms with Crippen molar-refractivity contribution in [3.05, 3.63) is 119 Å². The number of rotatable bonds is 7. The first-order valence-electron chi connectivity index (χ1n) is 18.3. The Morgan fingerprint density at radius 2 is 0.857 bits per heavy atom. The van der Waals surface area contributed by atoms with Gasteiger partial charge in [-0.25, -0.2) is 9.59 Å². The molecule has 8 rings (SSSR count). The third-order valence-electron chi connectivity index (χ3n) is 12.0. The molecule has 0 radical (unpaired) electrons. The number of likely N-dealkylation sites (tertiary alicyclic amines) is 2. The largest absolute Gasteiger partial charge is 0.448 e. The minimum Gasteiger partial charge on any atom is -0.448 e. The first-order valence-corrected chi connectivity index (χ1v) is 18.3. The maximum Gasteiger partial charge on any atom is 0.409 e. The zero-order valence-corrected chi connectivity index (χ0v) is 28.4. The number of carbonyl (C=O) groups excluding carboxylic acids is 2. The minimum atomic E-state index is -0.190. The molecule has 2 heterocycles. The van der Waals surface area contributed by atoms with Crippen LogP contribution in [0.25, 0.3) is 22.3 Å². The fourth-order valence-electron chi connectivity index (χ4n) is 9.44. The predicted molar refractivity (Wildman–Crippen MR) is 193 cm³/mol. The Morgan fingerprint density at radius 1 is 0.551 bits per heavy atom. The third-order valence-corrected chi connectivity index (χ3v) is 12.0. The number of piperidine rings is 2. The van der Waals surface area contributed by atoms with E-state index >= 15 is 0 Å². The summed E-state index contributed by atoms with van der Waals surface area (Å²) in [6.45, 7) is 6.03. The molecule has 0 aromatic heterocycles. The summed E-state index contributed by atoms with van der Waals surface area (Å²) in [5.41, 5.74) is 9.95. The normalized spacial score (nSPS) is 17.8. The Balaban J connectivity index is 0.806. The molecule has 4 aromatic carbocycles. The van der Waals surface area contributed by atoms with Crippen LogP contribution in [-0.2, 0) is 9.47 Å². The number of fused-ring (bicyclic) bond motifs is 6. The lowest BCUT2D eigenvalue weighted by atomic mass is 9.72. The van der Waals surface area contributed by atoms with E-state index in [9.17, 15) is 9.59 Å². The van der Waals surface area contributed by atoms with Gasteiger partial charge in [0.05, 0.1) is 0 Å². The van der Waals surface area contributed by atoms with Crippen LogP contribution in [0.5, 0.6) is 0 Å². The molecule has 2 aliphatic heterocycles. The Bertz CT molecular complexity index is 1600. The Labute approximate surface area is 290 Å². The lowest BCUT2D eigenvalue weighted by Crippen LogP contribution is -2.44. The second-order valence-corrected chi connectivity index (χ2v) is 14.3. The van der Waals surface area contributed by atoms with Crippen LogP contribution >= 0.6 is 0 Å². The van der Waals surface area contributed by atoms with Crippen LogP contribution in [0.4, 0.5) is 9.59 Å². The third kappa shape index (κ3) is 6.00. The zero-order chi connectivity index (χ0) is 33.3. The number of benzene rings is 4. The van der Waals surface area contributed by atoms with E-state index in [4.69, 9.17) is 9.47 Å². The molecule has 0 unspecified atom stereocenters. The molecule has 2 aliphatic carbocycles. The van der Waals surface area contributed by atoms with Gasteiger partial charge in [0.1, 0.15) is 13.2 Å². The van der Waals surface area contributed by atoms with Crippen molar-refractivity contribution < 1.29 is 19.1 Å². The molecule has 252 valence electrons. The Morgan fingerprint density at radius 3 is 1.16 bits per heavy atom. The highest BCUT2D eigenvalue weighted by Gasteiger charge is 2.37. The van der Waals surface area contributed by atoms with E-state index < -0.39 is 0 Å².